The molecule has 1 amide bonds. The molecule has 0 aromatic heterocycles. The number of non-ortho nitro benzene ring substituents is 1. The monoisotopic (exact) mass is 352 g/mol. The van der Waals surface area contributed by atoms with Gasteiger partial charge in [-0.05, 0) is 12.1 Å². The van der Waals surface area contributed by atoms with Crippen LogP contribution < -0.4 is 4.74 Å². The maximum atomic E-state index is 13.6. The van der Waals surface area contributed by atoms with Crippen molar-refractivity contribution in [2.45, 2.75) is 6.54 Å². The molecule has 0 radical (unpaired) electrons. The number of nitrogens with zero attached hydrogens (tertiary/aromatic N) is 2. The van der Waals surface area contributed by atoms with Crippen LogP contribution in [-0.2, 0) is 11.3 Å². The van der Waals surface area contributed by atoms with Crippen molar-refractivity contribution in [2.75, 3.05) is 13.7 Å². The second-order valence-corrected chi connectivity index (χ2v) is 5.41. The number of amides is 1. The highest BCUT2D eigenvalue weighted by Gasteiger charge is 2.15. The number of likely N-dealkylation sites (N-methyl/N-ethyl adjacent to an activating group) is 1. The van der Waals surface area contributed by atoms with Gasteiger partial charge in [0.05, 0.1) is 9.95 Å². The van der Waals surface area contributed by atoms with Gasteiger partial charge in [-0.3, -0.25) is 14.9 Å². The van der Waals surface area contributed by atoms with Gasteiger partial charge in [0.1, 0.15) is 11.6 Å². The summed E-state index contributed by atoms with van der Waals surface area (Å²) in [5.74, 6) is -0.612. The highest BCUT2D eigenvalue weighted by molar-refractivity contribution is 6.32. The first-order valence-corrected chi connectivity index (χ1v) is 7.30. The lowest BCUT2D eigenvalue weighted by Gasteiger charge is -2.18. The van der Waals surface area contributed by atoms with Crippen molar-refractivity contribution in [3.8, 4) is 5.75 Å². The van der Waals surface area contributed by atoms with E-state index >= 15 is 0 Å². The molecule has 0 atom stereocenters. The molecule has 2 aromatic rings. The summed E-state index contributed by atoms with van der Waals surface area (Å²) < 4.78 is 18.9. The normalized spacial score (nSPS) is 10.3. The zero-order chi connectivity index (χ0) is 17.7. The van der Waals surface area contributed by atoms with E-state index < -0.39 is 10.7 Å². The number of benzene rings is 2. The van der Waals surface area contributed by atoms with Gasteiger partial charge in [0.2, 0.25) is 0 Å². The molecule has 24 heavy (non-hydrogen) atoms. The second kappa shape index (κ2) is 7.74. The first-order valence-electron chi connectivity index (χ1n) is 6.92. The van der Waals surface area contributed by atoms with Gasteiger partial charge in [-0.15, -0.1) is 0 Å². The van der Waals surface area contributed by atoms with Gasteiger partial charge in [-0.1, -0.05) is 29.8 Å². The van der Waals surface area contributed by atoms with Gasteiger partial charge in [-0.25, -0.2) is 4.39 Å². The average molecular weight is 353 g/mol. The van der Waals surface area contributed by atoms with E-state index in [4.69, 9.17) is 16.3 Å². The van der Waals surface area contributed by atoms with E-state index in [-0.39, 0.29) is 35.5 Å². The van der Waals surface area contributed by atoms with Gasteiger partial charge in [0, 0.05) is 31.3 Å². The number of rotatable bonds is 6. The molecular formula is C16H14ClFN2O4. The summed E-state index contributed by atoms with van der Waals surface area (Å²) in [6.07, 6.45) is 0. The van der Waals surface area contributed by atoms with Crippen LogP contribution in [0.1, 0.15) is 5.56 Å². The van der Waals surface area contributed by atoms with Crippen molar-refractivity contribution in [3.05, 3.63) is 69.0 Å². The largest absolute Gasteiger partial charge is 0.482 e. The molecule has 0 aliphatic rings. The Morgan fingerprint density at radius 1 is 1.33 bits per heavy atom. The van der Waals surface area contributed by atoms with Crippen LogP contribution >= 0.6 is 11.6 Å². The Morgan fingerprint density at radius 3 is 2.67 bits per heavy atom. The van der Waals surface area contributed by atoms with Gasteiger partial charge in [0.15, 0.2) is 6.61 Å². The zero-order valence-electron chi connectivity index (χ0n) is 12.7. The summed E-state index contributed by atoms with van der Waals surface area (Å²) in [6.45, 7) is -0.217. The molecule has 0 N–H and O–H groups in total. The Labute approximate surface area is 142 Å². The molecule has 0 bridgehead atoms. The number of hydrogen-bond donors (Lipinski definition) is 0. The summed E-state index contributed by atoms with van der Waals surface area (Å²) in [4.78, 5) is 23.4. The molecule has 0 aliphatic heterocycles. The third kappa shape index (κ3) is 4.42. The molecule has 8 heteroatoms. The fraction of sp³-hybridized carbons (Fsp3) is 0.188. The maximum Gasteiger partial charge on any atom is 0.271 e. The molecule has 0 saturated heterocycles. The Kier molecular flexibility index (Phi) is 5.70. The second-order valence-electron chi connectivity index (χ2n) is 5.00. The summed E-state index contributed by atoms with van der Waals surface area (Å²) in [5, 5.41) is 10.7. The van der Waals surface area contributed by atoms with Crippen molar-refractivity contribution in [1.29, 1.82) is 0 Å². The molecule has 126 valence electrons. The van der Waals surface area contributed by atoms with Gasteiger partial charge >= 0.3 is 0 Å². The van der Waals surface area contributed by atoms with E-state index in [0.717, 1.165) is 6.07 Å². The number of halogens is 2. The highest BCUT2D eigenvalue weighted by Crippen LogP contribution is 2.28. The fourth-order valence-electron chi connectivity index (χ4n) is 1.94. The fourth-order valence-corrected chi connectivity index (χ4v) is 2.17. The molecule has 0 heterocycles. The van der Waals surface area contributed by atoms with Gasteiger partial charge in [-0.2, -0.15) is 0 Å². The van der Waals surface area contributed by atoms with E-state index in [1.165, 1.54) is 30.1 Å². The first kappa shape index (κ1) is 17.7. The van der Waals surface area contributed by atoms with Crippen LogP contribution in [0.2, 0.25) is 5.02 Å². The number of nitro groups is 1. The minimum absolute atomic E-state index is 0.0359. The van der Waals surface area contributed by atoms with Crippen molar-refractivity contribution < 1.29 is 18.8 Å². The molecule has 0 aliphatic carbocycles. The molecule has 2 rings (SSSR count). The summed E-state index contributed by atoms with van der Waals surface area (Å²) in [7, 11) is 1.52. The molecule has 0 fully saturated rings. The smallest absolute Gasteiger partial charge is 0.271 e. The SMILES string of the molecule is CN(Cc1ccccc1F)C(=O)COc1ccc([N+](=O)[O-])cc1Cl. The number of nitro benzene ring substituents is 1. The lowest BCUT2D eigenvalue weighted by molar-refractivity contribution is -0.384. The van der Waals surface area contributed by atoms with E-state index in [1.54, 1.807) is 18.2 Å². The van der Waals surface area contributed by atoms with Crippen LogP contribution in [0.4, 0.5) is 10.1 Å². The molecule has 2 aromatic carbocycles. The van der Waals surface area contributed by atoms with Crippen LogP contribution in [0.15, 0.2) is 42.5 Å². The molecular weight excluding hydrogens is 339 g/mol. The summed E-state index contributed by atoms with van der Waals surface area (Å²) in [5.41, 5.74) is 0.220. The number of carbonyl (C=O) groups excluding carboxylic acids is 1. The topological polar surface area (TPSA) is 72.7 Å². The molecule has 0 unspecified atom stereocenters. The van der Waals surface area contributed by atoms with Crippen molar-refractivity contribution in [2.24, 2.45) is 0 Å². The Bertz CT molecular complexity index is 769. The lowest BCUT2D eigenvalue weighted by atomic mass is 10.2. The predicted molar refractivity (Wildman–Crippen MR) is 86.5 cm³/mol. The molecule has 0 spiro atoms. The van der Waals surface area contributed by atoms with Crippen molar-refractivity contribution >= 4 is 23.2 Å². The Balaban J connectivity index is 1.95. The van der Waals surface area contributed by atoms with Crippen LogP contribution in [-0.4, -0.2) is 29.4 Å². The molecule has 6 nitrogen and oxygen atoms in total. The van der Waals surface area contributed by atoms with Gasteiger partial charge in [0.25, 0.3) is 11.6 Å². The number of hydrogen-bond acceptors (Lipinski definition) is 4. The van der Waals surface area contributed by atoms with E-state index in [2.05, 4.69) is 0 Å². The standard InChI is InChI=1S/C16H14ClFN2O4/c1-19(9-11-4-2-3-5-14(11)18)16(21)10-24-15-7-6-12(20(22)23)8-13(15)17/h2-8H,9-10H2,1H3. The van der Waals surface area contributed by atoms with Crippen LogP contribution in [0, 0.1) is 15.9 Å². The number of ether oxygens (including phenoxy) is 1. The number of carbonyl (C=O) groups is 1. The van der Waals surface area contributed by atoms with E-state index in [9.17, 15) is 19.3 Å². The van der Waals surface area contributed by atoms with Crippen LogP contribution in [0.5, 0.6) is 5.75 Å². The Hall–Kier alpha value is -2.67. The van der Waals surface area contributed by atoms with Crippen molar-refractivity contribution in [3.63, 3.8) is 0 Å². The van der Waals surface area contributed by atoms with E-state index in [1.807, 2.05) is 0 Å². The third-order valence-electron chi connectivity index (χ3n) is 3.27. The minimum Gasteiger partial charge on any atom is -0.482 e. The first-order chi connectivity index (χ1) is 11.4. The summed E-state index contributed by atoms with van der Waals surface area (Å²) in [6, 6.07) is 9.86. The lowest BCUT2D eigenvalue weighted by Crippen LogP contribution is -2.31. The molecule has 0 saturated carbocycles. The Morgan fingerprint density at radius 2 is 2.04 bits per heavy atom. The minimum atomic E-state index is -0.580. The van der Waals surface area contributed by atoms with Crippen LogP contribution in [0.3, 0.4) is 0 Å². The van der Waals surface area contributed by atoms with Gasteiger partial charge < -0.3 is 9.64 Å². The zero-order valence-corrected chi connectivity index (χ0v) is 13.5. The summed E-state index contributed by atoms with van der Waals surface area (Å²) >= 11 is 5.88. The predicted octanol–water partition coefficient (Wildman–Crippen LogP) is 3.42. The quantitative estimate of drug-likeness (QED) is 0.589. The average Bonchev–Trinajstić information content (AvgIpc) is 2.55. The highest BCUT2D eigenvalue weighted by atomic mass is 35.5. The third-order valence-corrected chi connectivity index (χ3v) is 3.56. The maximum absolute atomic E-state index is 13.6. The van der Waals surface area contributed by atoms with E-state index in [0.29, 0.717) is 5.56 Å². The van der Waals surface area contributed by atoms with Crippen molar-refractivity contribution in [1.82, 2.24) is 4.90 Å². The van der Waals surface area contributed by atoms with Crippen LogP contribution in [0.25, 0.3) is 0 Å².